The minimum absolute atomic E-state index is 0.00957. The molecule has 1 aliphatic rings. The van der Waals surface area contributed by atoms with E-state index >= 15 is 0 Å². The van der Waals surface area contributed by atoms with Crippen LogP contribution in [0, 0.1) is 5.82 Å². The number of halogens is 1. The van der Waals surface area contributed by atoms with Gasteiger partial charge in [0.05, 0.1) is 19.2 Å². The molecule has 2 aromatic carbocycles. The van der Waals surface area contributed by atoms with Gasteiger partial charge in [-0.05, 0) is 68.6 Å². The van der Waals surface area contributed by atoms with E-state index in [0.29, 0.717) is 13.2 Å². The van der Waals surface area contributed by atoms with E-state index < -0.39 is 0 Å². The molecule has 1 saturated heterocycles. The molecule has 2 atom stereocenters. The predicted octanol–water partition coefficient (Wildman–Crippen LogP) is 4.24. The largest absolute Gasteiger partial charge is 0.494 e. The molecule has 1 N–H and O–H groups in total. The van der Waals surface area contributed by atoms with Crippen LogP contribution in [0.1, 0.15) is 49.9 Å². The van der Waals surface area contributed by atoms with E-state index in [1.54, 1.807) is 12.1 Å². The van der Waals surface area contributed by atoms with Crippen LogP contribution in [0.25, 0.3) is 0 Å². The lowest BCUT2D eigenvalue weighted by Crippen LogP contribution is -2.38. The normalized spacial score (nSPS) is 18.3. The first-order valence-corrected chi connectivity index (χ1v) is 9.58. The van der Waals surface area contributed by atoms with Crippen LogP contribution in [-0.2, 0) is 4.79 Å². The van der Waals surface area contributed by atoms with Gasteiger partial charge < -0.3 is 10.1 Å². The summed E-state index contributed by atoms with van der Waals surface area (Å²) in [6.07, 6.45) is 2.13. The summed E-state index contributed by atoms with van der Waals surface area (Å²) >= 11 is 0. The number of hydrogen-bond donors (Lipinski definition) is 1. The third-order valence-corrected chi connectivity index (χ3v) is 5.03. The zero-order valence-electron chi connectivity index (χ0n) is 16.0. The van der Waals surface area contributed by atoms with E-state index in [2.05, 4.69) is 22.3 Å². The molecular weight excluding hydrogens is 343 g/mol. The minimum Gasteiger partial charge on any atom is -0.494 e. The van der Waals surface area contributed by atoms with Gasteiger partial charge >= 0.3 is 0 Å². The van der Waals surface area contributed by atoms with Crippen molar-refractivity contribution in [2.45, 2.75) is 38.8 Å². The van der Waals surface area contributed by atoms with E-state index in [-0.39, 0.29) is 23.8 Å². The molecule has 2 aromatic rings. The van der Waals surface area contributed by atoms with E-state index in [9.17, 15) is 9.18 Å². The van der Waals surface area contributed by atoms with Crippen LogP contribution in [0.3, 0.4) is 0 Å². The molecule has 1 amide bonds. The van der Waals surface area contributed by atoms with Crippen molar-refractivity contribution in [1.82, 2.24) is 10.2 Å². The van der Waals surface area contributed by atoms with Crippen molar-refractivity contribution in [2.24, 2.45) is 0 Å². The van der Waals surface area contributed by atoms with Gasteiger partial charge in [0.2, 0.25) is 5.91 Å². The third kappa shape index (κ3) is 5.07. The highest BCUT2D eigenvalue weighted by atomic mass is 19.1. The van der Waals surface area contributed by atoms with Gasteiger partial charge in [0.15, 0.2) is 0 Å². The fourth-order valence-corrected chi connectivity index (χ4v) is 3.65. The van der Waals surface area contributed by atoms with E-state index in [1.807, 2.05) is 26.0 Å². The molecule has 0 aromatic heterocycles. The molecule has 1 aliphatic heterocycles. The summed E-state index contributed by atoms with van der Waals surface area (Å²) in [6, 6.07) is 14.5. The summed E-state index contributed by atoms with van der Waals surface area (Å²) in [5.74, 6) is 0.592. The lowest BCUT2D eigenvalue weighted by Gasteiger charge is -2.25. The average molecular weight is 370 g/mol. The van der Waals surface area contributed by atoms with Crippen molar-refractivity contribution >= 4 is 5.91 Å². The summed E-state index contributed by atoms with van der Waals surface area (Å²) in [6.45, 7) is 5.82. The Hall–Kier alpha value is -2.40. The number of hydrogen-bond acceptors (Lipinski definition) is 3. The molecule has 2 unspecified atom stereocenters. The quantitative estimate of drug-likeness (QED) is 0.793. The maximum atomic E-state index is 13.1. The summed E-state index contributed by atoms with van der Waals surface area (Å²) in [7, 11) is 0. The number of amides is 1. The van der Waals surface area contributed by atoms with Crippen molar-refractivity contribution < 1.29 is 13.9 Å². The summed E-state index contributed by atoms with van der Waals surface area (Å²) < 4.78 is 18.6. The number of rotatable bonds is 7. The lowest BCUT2D eigenvalue weighted by molar-refractivity contribution is -0.123. The smallest absolute Gasteiger partial charge is 0.234 e. The molecule has 0 aliphatic carbocycles. The highest BCUT2D eigenvalue weighted by Gasteiger charge is 2.27. The SMILES string of the molecule is CCOc1ccc(C2CCCN2CC(=O)NC(C)c2ccc(F)cc2)cc1. The second-order valence-corrected chi connectivity index (χ2v) is 6.97. The van der Waals surface area contributed by atoms with Gasteiger partial charge in [0.1, 0.15) is 11.6 Å². The maximum Gasteiger partial charge on any atom is 0.234 e. The molecule has 0 spiro atoms. The fraction of sp³-hybridized carbons (Fsp3) is 0.409. The summed E-state index contributed by atoms with van der Waals surface area (Å²) in [5, 5.41) is 3.02. The Morgan fingerprint density at radius 1 is 1.22 bits per heavy atom. The molecule has 0 radical (unpaired) electrons. The van der Waals surface area contributed by atoms with Gasteiger partial charge in [-0.15, -0.1) is 0 Å². The Morgan fingerprint density at radius 2 is 1.93 bits per heavy atom. The molecule has 1 fully saturated rings. The van der Waals surface area contributed by atoms with Crippen LogP contribution in [0.2, 0.25) is 0 Å². The van der Waals surface area contributed by atoms with E-state index in [1.165, 1.54) is 17.7 Å². The highest BCUT2D eigenvalue weighted by molar-refractivity contribution is 5.78. The number of carbonyl (C=O) groups is 1. The highest BCUT2D eigenvalue weighted by Crippen LogP contribution is 2.32. The predicted molar refractivity (Wildman–Crippen MR) is 104 cm³/mol. The van der Waals surface area contributed by atoms with Gasteiger partial charge in [-0.1, -0.05) is 24.3 Å². The van der Waals surface area contributed by atoms with Gasteiger partial charge in [-0.2, -0.15) is 0 Å². The molecule has 1 heterocycles. The minimum atomic E-state index is -0.271. The Balaban J connectivity index is 1.58. The zero-order valence-corrected chi connectivity index (χ0v) is 16.0. The van der Waals surface area contributed by atoms with Crippen LogP contribution in [0.15, 0.2) is 48.5 Å². The van der Waals surface area contributed by atoms with Crippen molar-refractivity contribution in [3.8, 4) is 5.75 Å². The summed E-state index contributed by atoms with van der Waals surface area (Å²) in [5.41, 5.74) is 2.12. The van der Waals surface area contributed by atoms with Crippen molar-refractivity contribution in [1.29, 1.82) is 0 Å². The zero-order chi connectivity index (χ0) is 19.2. The second-order valence-electron chi connectivity index (χ2n) is 6.97. The van der Waals surface area contributed by atoms with Gasteiger partial charge in [-0.25, -0.2) is 4.39 Å². The molecule has 0 saturated carbocycles. The second kappa shape index (κ2) is 9.00. The number of ether oxygens (including phenoxy) is 1. The first-order valence-electron chi connectivity index (χ1n) is 9.58. The van der Waals surface area contributed by atoms with Gasteiger partial charge in [-0.3, -0.25) is 9.69 Å². The molecule has 0 bridgehead atoms. The Labute approximate surface area is 160 Å². The van der Waals surface area contributed by atoms with Crippen molar-refractivity contribution in [3.05, 3.63) is 65.5 Å². The first-order chi connectivity index (χ1) is 13.1. The lowest BCUT2D eigenvalue weighted by atomic mass is 10.0. The van der Waals surface area contributed by atoms with Crippen LogP contribution in [-0.4, -0.2) is 30.5 Å². The van der Waals surface area contributed by atoms with Gasteiger partial charge in [0, 0.05) is 6.04 Å². The number of benzene rings is 2. The topological polar surface area (TPSA) is 41.6 Å². The Morgan fingerprint density at radius 3 is 2.59 bits per heavy atom. The van der Waals surface area contributed by atoms with Crippen molar-refractivity contribution in [3.63, 3.8) is 0 Å². The standard InChI is InChI=1S/C22H27FN2O2/c1-3-27-20-12-8-18(9-13-20)21-5-4-14-25(21)15-22(26)24-16(2)17-6-10-19(23)11-7-17/h6-13,16,21H,3-5,14-15H2,1-2H3,(H,24,26). The monoisotopic (exact) mass is 370 g/mol. The van der Waals surface area contributed by atoms with Crippen LogP contribution >= 0.6 is 0 Å². The first kappa shape index (κ1) is 19.4. The maximum absolute atomic E-state index is 13.1. The molecule has 3 rings (SSSR count). The number of carbonyl (C=O) groups excluding carboxylic acids is 1. The van der Waals surface area contributed by atoms with E-state index in [4.69, 9.17) is 4.74 Å². The van der Waals surface area contributed by atoms with Crippen LogP contribution < -0.4 is 10.1 Å². The molecule has 144 valence electrons. The molecule has 27 heavy (non-hydrogen) atoms. The molecule has 4 nitrogen and oxygen atoms in total. The average Bonchev–Trinajstić information content (AvgIpc) is 3.11. The van der Waals surface area contributed by atoms with Gasteiger partial charge in [0.25, 0.3) is 0 Å². The number of nitrogens with one attached hydrogen (secondary N) is 1. The molecule has 5 heteroatoms. The fourth-order valence-electron chi connectivity index (χ4n) is 3.65. The third-order valence-electron chi connectivity index (χ3n) is 5.03. The van der Waals surface area contributed by atoms with Crippen molar-refractivity contribution in [2.75, 3.05) is 19.7 Å². The van der Waals surface area contributed by atoms with Crippen LogP contribution in [0.4, 0.5) is 4.39 Å². The van der Waals surface area contributed by atoms with Crippen LogP contribution in [0.5, 0.6) is 5.75 Å². The Bertz CT molecular complexity index is 746. The number of nitrogens with zero attached hydrogens (tertiary/aromatic N) is 1. The molecular formula is C22H27FN2O2. The Kier molecular flexibility index (Phi) is 6.45. The number of likely N-dealkylation sites (tertiary alicyclic amines) is 1. The van der Waals surface area contributed by atoms with E-state index in [0.717, 1.165) is 30.7 Å². The summed E-state index contributed by atoms with van der Waals surface area (Å²) in [4.78, 5) is 14.7.